The Morgan fingerprint density at radius 2 is 1.80 bits per heavy atom. The predicted molar refractivity (Wildman–Crippen MR) is 88.0 cm³/mol. The van der Waals surface area contributed by atoms with Crippen molar-refractivity contribution < 1.29 is 5.11 Å². The molecule has 1 rings (SSSR count). The number of hydrogen-bond donors (Lipinski definition) is 2. The van der Waals surface area contributed by atoms with Crippen molar-refractivity contribution in [2.45, 2.75) is 17.0 Å². The van der Waals surface area contributed by atoms with E-state index in [1.54, 1.807) is 11.8 Å². The Labute approximate surface area is 126 Å². The summed E-state index contributed by atoms with van der Waals surface area (Å²) >= 11 is 1.67. The molecule has 0 bridgehead atoms. The zero-order chi connectivity index (χ0) is 14.8. The van der Waals surface area contributed by atoms with E-state index in [1.807, 2.05) is 42.5 Å². The Morgan fingerprint density at radius 1 is 1.20 bits per heavy atom. The molecule has 0 saturated carbocycles. The summed E-state index contributed by atoms with van der Waals surface area (Å²) in [6, 6.07) is 9.83. The van der Waals surface area contributed by atoms with E-state index < -0.39 is 6.10 Å². The first-order chi connectivity index (χ1) is 9.67. The third kappa shape index (κ3) is 6.39. The van der Waals surface area contributed by atoms with Gasteiger partial charge in [-0.2, -0.15) is 0 Å². The lowest BCUT2D eigenvalue weighted by atomic mass is 10.2. The summed E-state index contributed by atoms with van der Waals surface area (Å²) in [6.45, 7) is 9.42. The van der Waals surface area contributed by atoms with Gasteiger partial charge in [0.05, 0.1) is 6.10 Å². The van der Waals surface area contributed by atoms with Crippen LogP contribution in [-0.2, 0) is 0 Å². The summed E-state index contributed by atoms with van der Waals surface area (Å²) in [5.74, 6) is 0.696. The number of nitrogens with two attached hydrogens (primary N) is 1. The molecule has 0 spiro atoms. The Balaban J connectivity index is 2.39. The molecule has 0 aliphatic rings. The monoisotopic (exact) mass is 292 g/mol. The lowest BCUT2D eigenvalue weighted by Gasteiger charge is -2.25. The first-order valence-corrected chi connectivity index (χ1v) is 7.71. The number of aliphatic hydroxyl groups is 1. The maximum atomic E-state index is 10.2. The lowest BCUT2D eigenvalue weighted by molar-refractivity contribution is 0.107. The van der Waals surface area contributed by atoms with Crippen molar-refractivity contribution in [3.05, 3.63) is 55.6 Å². The average Bonchev–Trinajstić information content (AvgIpc) is 2.46. The lowest BCUT2D eigenvalue weighted by Crippen LogP contribution is -2.45. The number of aliphatic hydroxyl groups excluding tert-OH is 1. The molecule has 0 aromatic heterocycles. The SMILES string of the molecule is C=CCN(CC=C)C[C@@H](O)[C@@H](N)CSc1ccccc1. The summed E-state index contributed by atoms with van der Waals surface area (Å²) in [7, 11) is 0. The molecule has 1 aromatic rings. The average molecular weight is 292 g/mol. The molecule has 0 fully saturated rings. The van der Waals surface area contributed by atoms with E-state index in [4.69, 9.17) is 5.73 Å². The van der Waals surface area contributed by atoms with E-state index in [1.165, 1.54) is 4.90 Å². The fourth-order valence-electron chi connectivity index (χ4n) is 1.81. The molecule has 0 saturated heterocycles. The highest BCUT2D eigenvalue weighted by molar-refractivity contribution is 7.99. The van der Waals surface area contributed by atoms with Crippen molar-refractivity contribution in [1.29, 1.82) is 0 Å². The molecule has 3 N–H and O–H groups in total. The fraction of sp³-hybridized carbons (Fsp3) is 0.375. The Kier molecular flexibility index (Phi) is 8.30. The van der Waals surface area contributed by atoms with Crippen molar-refractivity contribution in [3.8, 4) is 0 Å². The fourth-order valence-corrected chi connectivity index (χ4v) is 2.77. The van der Waals surface area contributed by atoms with Crippen LogP contribution in [0.4, 0.5) is 0 Å². The van der Waals surface area contributed by atoms with Gasteiger partial charge >= 0.3 is 0 Å². The van der Waals surface area contributed by atoms with Gasteiger partial charge in [0, 0.05) is 36.3 Å². The summed E-state index contributed by atoms with van der Waals surface area (Å²) in [5, 5.41) is 10.2. The molecule has 0 unspecified atom stereocenters. The highest BCUT2D eigenvalue weighted by Gasteiger charge is 2.17. The van der Waals surface area contributed by atoms with Crippen LogP contribution in [-0.4, -0.2) is 47.5 Å². The van der Waals surface area contributed by atoms with Crippen LogP contribution in [0.5, 0.6) is 0 Å². The molecule has 0 radical (unpaired) electrons. The van der Waals surface area contributed by atoms with Crippen LogP contribution < -0.4 is 5.73 Å². The zero-order valence-electron chi connectivity index (χ0n) is 11.8. The second-order valence-electron chi connectivity index (χ2n) is 4.65. The van der Waals surface area contributed by atoms with Crippen LogP contribution >= 0.6 is 11.8 Å². The van der Waals surface area contributed by atoms with Gasteiger partial charge in [-0.05, 0) is 12.1 Å². The molecule has 2 atom stereocenters. The maximum absolute atomic E-state index is 10.2. The number of hydrogen-bond acceptors (Lipinski definition) is 4. The van der Waals surface area contributed by atoms with Gasteiger partial charge in [-0.1, -0.05) is 30.4 Å². The highest BCUT2D eigenvalue weighted by atomic mass is 32.2. The standard InChI is InChI=1S/C16H24N2OS/c1-3-10-18(11-4-2)12-16(19)15(17)13-20-14-8-6-5-7-9-14/h3-9,15-16,19H,1-2,10-13,17H2/t15-,16+/m0/s1. The van der Waals surface area contributed by atoms with Crippen LogP contribution in [0, 0.1) is 0 Å². The van der Waals surface area contributed by atoms with Gasteiger partial charge in [-0.3, -0.25) is 4.90 Å². The van der Waals surface area contributed by atoms with Crippen molar-refractivity contribution >= 4 is 11.8 Å². The van der Waals surface area contributed by atoms with Crippen LogP contribution in [0.3, 0.4) is 0 Å². The van der Waals surface area contributed by atoms with E-state index in [0.29, 0.717) is 12.3 Å². The largest absolute Gasteiger partial charge is 0.390 e. The Hall–Kier alpha value is -1.07. The van der Waals surface area contributed by atoms with Crippen LogP contribution in [0.1, 0.15) is 0 Å². The van der Waals surface area contributed by atoms with Gasteiger partial charge in [0.15, 0.2) is 0 Å². The molecule has 4 heteroatoms. The summed E-state index contributed by atoms with van der Waals surface area (Å²) in [5.41, 5.74) is 6.06. The minimum Gasteiger partial charge on any atom is -0.390 e. The van der Waals surface area contributed by atoms with E-state index in [-0.39, 0.29) is 6.04 Å². The van der Waals surface area contributed by atoms with E-state index >= 15 is 0 Å². The number of benzene rings is 1. The summed E-state index contributed by atoms with van der Waals surface area (Å²) in [4.78, 5) is 3.24. The van der Waals surface area contributed by atoms with Crippen molar-refractivity contribution in [2.24, 2.45) is 5.73 Å². The van der Waals surface area contributed by atoms with Crippen molar-refractivity contribution in [1.82, 2.24) is 4.90 Å². The molecule has 0 heterocycles. The molecule has 20 heavy (non-hydrogen) atoms. The summed E-state index contributed by atoms with van der Waals surface area (Å²) < 4.78 is 0. The first-order valence-electron chi connectivity index (χ1n) is 6.73. The maximum Gasteiger partial charge on any atom is 0.0826 e. The van der Waals surface area contributed by atoms with E-state index in [9.17, 15) is 5.11 Å². The molecule has 0 aliphatic carbocycles. The second kappa shape index (κ2) is 9.77. The van der Waals surface area contributed by atoms with Crippen LogP contribution in [0.15, 0.2) is 60.5 Å². The minimum absolute atomic E-state index is 0.252. The third-order valence-electron chi connectivity index (χ3n) is 2.90. The van der Waals surface area contributed by atoms with Gasteiger partial charge in [-0.15, -0.1) is 24.9 Å². The topological polar surface area (TPSA) is 49.5 Å². The molecule has 3 nitrogen and oxygen atoms in total. The third-order valence-corrected chi connectivity index (χ3v) is 4.06. The zero-order valence-corrected chi connectivity index (χ0v) is 12.6. The molecule has 1 aromatic carbocycles. The highest BCUT2D eigenvalue weighted by Crippen LogP contribution is 2.18. The van der Waals surface area contributed by atoms with Crippen LogP contribution in [0.25, 0.3) is 0 Å². The molecular weight excluding hydrogens is 268 g/mol. The van der Waals surface area contributed by atoms with Gasteiger partial charge in [0.1, 0.15) is 0 Å². The van der Waals surface area contributed by atoms with Gasteiger partial charge in [0.25, 0.3) is 0 Å². The molecule has 0 aliphatic heterocycles. The number of thioether (sulfide) groups is 1. The minimum atomic E-state index is -0.550. The normalized spacial score (nSPS) is 13.9. The molecule has 0 amide bonds. The van der Waals surface area contributed by atoms with Gasteiger partial charge in [-0.25, -0.2) is 0 Å². The smallest absolute Gasteiger partial charge is 0.0826 e. The number of rotatable bonds is 10. The number of nitrogens with zero attached hydrogens (tertiary/aromatic N) is 1. The Morgan fingerprint density at radius 3 is 2.35 bits per heavy atom. The quantitative estimate of drug-likeness (QED) is 0.512. The first kappa shape index (κ1) is 17.0. The Bertz CT molecular complexity index is 387. The predicted octanol–water partition coefficient (Wildman–Crippen LogP) is 2.14. The van der Waals surface area contributed by atoms with Crippen molar-refractivity contribution in [2.75, 3.05) is 25.4 Å². The second-order valence-corrected chi connectivity index (χ2v) is 5.74. The van der Waals surface area contributed by atoms with E-state index in [0.717, 1.165) is 13.1 Å². The van der Waals surface area contributed by atoms with Gasteiger partial charge < -0.3 is 10.8 Å². The summed E-state index contributed by atoms with van der Waals surface area (Å²) in [6.07, 6.45) is 3.09. The van der Waals surface area contributed by atoms with Crippen LogP contribution in [0.2, 0.25) is 0 Å². The van der Waals surface area contributed by atoms with E-state index in [2.05, 4.69) is 18.1 Å². The van der Waals surface area contributed by atoms with Crippen molar-refractivity contribution in [3.63, 3.8) is 0 Å². The molecule has 110 valence electrons. The molecular formula is C16H24N2OS. The van der Waals surface area contributed by atoms with Gasteiger partial charge in [0.2, 0.25) is 0 Å².